The smallest absolute Gasteiger partial charge is 0.254 e. The molecule has 0 radical (unpaired) electrons. The predicted octanol–water partition coefficient (Wildman–Crippen LogP) is 3.32. The number of likely N-dealkylation sites (tertiary alicyclic amines) is 1. The molecule has 0 saturated carbocycles. The van der Waals surface area contributed by atoms with E-state index >= 15 is 0 Å². The lowest BCUT2D eigenvalue weighted by Gasteiger charge is -2.33. The number of nitrogens with zero attached hydrogens (tertiary/aromatic N) is 2. The Balaban J connectivity index is 1.75. The van der Waals surface area contributed by atoms with Crippen LogP contribution in [0.2, 0.25) is 0 Å². The number of carbonyl (C=O) groups excluding carboxylic acids is 1. The Morgan fingerprint density at radius 1 is 1.23 bits per heavy atom. The Kier molecular flexibility index (Phi) is 6.36. The largest absolute Gasteiger partial charge is 0.382 e. The average Bonchev–Trinajstić information content (AvgIpc) is 2.69. The summed E-state index contributed by atoms with van der Waals surface area (Å²) in [7, 11) is 1.66. The molecule has 0 aliphatic carbocycles. The second-order valence-electron chi connectivity index (χ2n) is 6.57. The highest BCUT2D eigenvalue weighted by atomic mass is 16.5. The number of ether oxygens (including phenoxy) is 2. The summed E-state index contributed by atoms with van der Waals surface area (Å²) in [6.45, 7) is 4.55. The lowest BCUT2D eigenvalue weighted by atomic mass is 9.97. The number of benzene rings is 1. The molecule has 0 N–H and O–H groups in total. The van der Waals surface area contributed by atoms with Crippen LogP contribution in [0.25, 0.3) is 11.3 Å². The molecule has 0 bridgehead atoms. The van der Waals surface area contributed by atoms with E-state index in [1.165, 1.54) is 0 Å². The maximum atomic E-state index is 13.1. The number of piperidine rings is 1. The number of methoxy groups -OCH3 is 1. The summed E-state index contributed by atoms with van der Waals surface area (Å²) in [4.78, 5) is 19.4. The van der Waals surface area contributed by atoms with Crippen LogP contribution in [-0.2, 0) is 9.47 Å². The topological polar surface area (TPSA) is 51.7 Å². The first-order chi connectivity index (χ1) is 12.7. The number of rotatable bonds is 6. The lowest BCUT2D eigenvalue weighted by molar-refractivity contribution is -0.0172. The minimum atomic E-state index is 0.0697. The van der Waals surface area contributed by atoms with Crippen LogP contribution in [0.1, 0.15) is 28.8 Å². The van der Waals surface area contributed by atoms with Crippen LogP contribution in [-0.4, -0.2) is 55.3 Å². The molecule has 1 fully saturated rings. The van der Waals surface area contributed by atoms with E-state index in [9.17, 15) is 4.79 Å². The van der Waals surface area contributed by atoms with Crippen molar-refractivity contribution in [1.82, 2.24) is 9.88 Å². The standard InChI is InChI=1S/C21H26N2O3/c1-16-18(20-10-3-4-11-22-20)8-5-9-19(16)21(24)23-12-6-7-17(15-23)26-14-13-25-2/h3-5,8-11,17H,6-7,12-15H2,1-2H3. The molecule has 5 nitrogen and oxygen atoms in total. The van der Waals surface area contributed by atoms with E-state index in [1.807, 2.05) is 48.2 Å². The van der Waals surface area contributed by atoms with Crippen molar-refractivity contribution in [3.8, 4) is 11.3 Å². The van der Waals surface area contributed by atoms with Crippen molar-refractivity contribution in [3.05, 3.63) is 53.7 Å². The van der Waals surface area contributed by atoms with E-state index in [0.717, 1.165) is 41.8 Å². The van der Waals surface area contributed by atoms with Crippen molar-refractivity contribution in [1.29, 1.82) is 0 Å². The zero-order valence-electron chi connectivity index (χ0n) is 15.5. The Morgan fingerprint density at radius 3 is 2.88 bits per heavy atom. The fraction of sp³-hybridized carbons (Fsp3) is 0.429. The Morgan fingerprint density at radius 2 is 2.12 bits per heavy atom. The normalized spacial score (nSPS) is 17.3. The predicted molar refractivity (Wildman–Crippen MR) is 101 cm³/mol. The molecule has 1 amide bonds. The van der Waals surface area contributed by atoms with Gasteiger partial charge in [-0.05, 0) is 43.5 Å². The quantitative estimate of drug-likeness (QED) is 0.747. The summed E-state index contributed by atoms with van der Waals surface area (Å²) >= 11 is 0. The molecule has 1 aliphatic heterocycles. The summed E-state index contributed by atoms with van der Waals surface area (Å²) in [5, 5.41) is 0. The van der Waals surface area contributed by atoms with Crippen LogP contribution < -0.4 is 0 Å². The third kappa shape index (κ3) is 4.29. The van der Waals surface area contributed by atoms with Gasteiger partial charge in [-0.2, -0.15) is 0 Å². The van der Waals surface area contributed by atoms with E-state index < -0.39 is 0 Å². The first-order valence-electron chi connectivity index (χ1n) is 9.11. The maximum absolute atomic E-state index is 13.1. The molecule has 1 aromatic heterocycles. The molecular formula is C21H26N2O3. The van der Waals surface area contributed by atoms with Crippen molar-refractivity contribution in [3.63, 3.8) is 0 Å². The number of hydrogen-bond donors (Lipinski definition) is 0. The number of aromatic nitrogens is 1. The molecule has 5 heteroatoms. The molecule has 26 heavy (non-hydrogen) atoms. The number of hydrogen-bond acceptors (Lipinski definition) is 4. The monoisotopic (exact) mass is 354 g/mol. The van der Waals surface area contributed by atoms with Crippen LogP contribution in [0.3, 0.4) is 0 Å². The SMILES string of the molecule is COCCOC1CCCN(C(=O)c2cccc(-c3ccccn3)c2C)C1. The van der Waals surface area contributed by atoms with Crippen molar-refractivity contribution >= 4 is 5.91 Å². The highest BCUT2D eigenvalue weighted by Gasteiger charge is 2.26. The van der Waals surface area contributed by atoms with Crippen molar-refractivity contribution in [2.45, 2.75) is 25.9 Å². The first-order valence-corrected chi connectivity index (χ1v) is 9.11. The van der Waals surface area contributed by atoms with Crippen LogP contribution in [0, 0.1) is 6.92 Å². The zero-order valence-corrected chi connectivity index (χ0v) is 15.5. The van der Waals surface area contributed by atoms with Gasteiger partial charge in [0.2, 0.25) is 0 Å². The van der Waals surface area contributed by atoms with Crippen molar-refractivity contribution in [2.24, 2.45) is 0 Å². The molecular weight excluding hydrogens is 328 g/mol. The first kappa shape index (κ1) is 18.5. The van der Waals surface area contributed by atoms with Crippen molar-refractivity contribution in [2.75, 3.05) is 33.4 Å². The minimum Gasteiger partial charge on any atom is -0.382 e. The highest BCUT2D eigenvalue weighted by Crippen LogP contribution is 2.26. The molecule has 1 unspecified atom stereocenters. The van der Waals surface area contributed by atoms with E-state index in [1.54, 1.807) is 13.3 Å². The molecule has 1 aliphatic rings. The van der Waals surface area contributed by atoms with Gasteiger partial charge in [0.05, 0.1) is 25.0 Å². The molecule has 3 rings (SSSR count). The van der Waals surface area contributed by atoms with Crippen LogP contribution in [0.5, 0.6) is 0 Å². The number of pyridine rings is 1. The van der Waals surface area contributed by atoms with Gasteiger partial charge in [-0.25, -0.2) is 0 Å². The van der Waals surface area contributed by atoms with Gasteiger partial charge < -0.3 is 14.4 Å². The molecule has 1 saturated heterocycles. The summed E-state index contributed by atoms with van der Waals surface area (Å²) < 4.78 is 10.9. The van der Waals surface area contributed by atoms with Gasteiger partial charge in [-0.1, -0.05) is 18.2 Å². The van der Waals surface area contributed by atoms with Gasteiger partial charge in [-0.15, -0.1) is 0 Å². The van der Waals surface area contributed by atoms with Gasteiger partial charge in [0.25, 0.3) is 5.91 Å². The van der Waals surface area contributed by atoms with E-state index in [4.69, 9.17) is 9.47 Å². The van der Waals surface area contributed by atoms with Gasteiger partial charge in [0.15, 0.2) is 0 Å². The van der Waals surface area contributed by atoms with E-state index in [2.05, 4.69) is 4.98 Å². The fourth-order valence-electron chi connectivity index (χ4n) is 3.39. The highest BCUT2D eigenvalue weighted by molar-refractivity contribution is 5.97. The number of carbonyl (C=O) groups is 1. The fourth-order valence-corrected chi connectivity index (χ4v) is 3.39. The van der Waals surface area contributed by atoms with Crippen LogP contribution in [0.4, 0.5) is 0 Å². The van der Waals surface area contributed by atoms with Crippen LogP contribution in [0.15, 0.2) is 42.6 Å². The molecule has 2 heterocycles. The Bertz CT molecular complexity index is 733. The minimum absolute atomic E-state index is 0.0697. The third-order valence-electron chi connectivity index (χ3n) is 4.81. The van der Waals surface area contributed by atoms with E-state index in [-0.39, 0.29) is 12.0 Å². The Hall–Kier alpha value is -2.24. The van der Waals surface area contributed by atoms with Gasteiger partial charge >= 0.3 is 0 Å². The summed E-state index contributed by atoms with van der Waals surface area (Å²) in [6.07, 6.45) is 3.81. The van der Waals surface area contributed by atoms with Crippen LogP contribution >= 0.6 is 0 Å². The molecule has 0 spiro atoms. The van der Waals surface area contributed by atoms with Gasteiger partial charge in [0, 0.05) is 37.5 Å². The average molecular weight is 354 g/mol. The second kappa shape index (κ2) is 8.92. The summed E-state index contributed by atoms with van der Waals surface area (Å²) in [5.74, 6) is 0.0697. The summed E-state index contributed by atoms with van der Waals surface area (Å²) in [6, 6.07) is 11.7. The molecule has 2 aromatic rings. The molecule has 1 atom stereocenters. The maximum Gasteiger partial charge on any atom is 0.254 e. The second-order valence-corrected chi connectivity index (χ2v) is 6.57. The molecule has 138 valence electrons. The lowest BCUT2D eigenvalue weighted by Crippen LogP contribution is -2.43. The van der Waals surface area contributed by atoms with Crippen molar-refractivity contribution < 1.29 is 14.3 Å². The van der Waals surface area contributed by atoms with Gasteiger partial charge in [-0.3, -0.25) is 9.78 Å². The Labute approximate surface area is 155 Å². The van der Waals surface area contributed by atoms with Gasteiger partial charge in [0.1, 0.15) is 0 Å². The zero-order chi connectivity index (χ0) is 18.4. The summed E-state index contributed by atoms with van der Waals surface area (Å²) in [5.41, 5.74) is 3.60. The third-order valence-corrected chi connectivity index (χ3v) is 4.81. The molecule has 1 aromatic carbocycles. The number of amides is 1. The van der Waals surface area contributed by atoms with E-state index in [0.29, 0.717) is 19.8 Å².